The Kier molecular flexibility index (Phi) is 4.65. The first-order valence-corrected chi connectivity index (χ1v) is 5.30. The van der Waals surface area contributed by atoms with Crippen LogP contribution in [-0.2, 0) is 4.79 Å². The molecule has 5 nitrogen and oxygen atoms in total. The van der Waals surface area contributed by atoms with Gasteiger partial charge in [0.15, 0.2) is 0 Å². The van der Waals surface area contributed by atoms with Crippen LogP contribution in [0.3, 0.4) is 0 Å². The van der Waals surface area contributed by atoms with E-state index in [2.05, 4.69) is 15.6 Å². The second kappa shape index (κ2) is 6.02. The number of carbonyl (C=O) groups is 1. The molecular formula is C10H14N4OS. The molecule has 4 N–H and O–H groups in total. The molecule has 0 unspecified atom stereocenters. The van der Waals surface area contributed by atoms with E-state index in [1.165, 1.54) is 0 Å². The summed E-state index contributed by atoms with van der Waals surface area (Å²) in [5, 5.41) is 5.62. The Bertz CT molecular complexity index is 394. The van der Waals surface area contributed by atoms with Gasteiger partial charge in [0.2, 0.25) is 5.91 Å². The quantitative estimate of drug-likeness (QED) is 0.641. The molecule has 1 heterocycles. The Morgan fingerprint density at radius 1 is 1.62 bits per heavy atom. The van der Waals surface area contributed by atoms with Gasteiger partial charge in [0.1, 0.15) is 4.99 Å². The summed E-state index contributed by atoms with van der Waals surface area (Å²) >= 11 is 4.89. The lowest BCUT2D eigenvalue weighted by molar-refractivity contribution is -0.119. The zero-order chi connectivity index (χ0) is 12.0. The molecule has 0 radical (unpaired) electrons. The van der Waals surface area contributed by atoms with E-state index in [-0.39, 0.29) is 17.4 Å². The minimum atomic E-state index is -0.0831. The summed E-state index contributed by atoms with van der Waals surface area (Å²) in [6.45, 7) is 2.65. The fraction of sp³-hybridized carbons (Fsp3) is 0.300. The standard InChI is InChI=1S/C10H14N4OS/c1-2-13-9(15)6-14-8-5-12-4-3-7(8)10(11)16/h3-5,14H,2,6H2,1H3,(H2,11,16)(H,13,15). The zero-order valence-electron chi connectivity index (χ0n) is 8.99. The summed E-state index contributed by atoms with van der Waals surface area (Å²) in [7, 11) is 0. The Labute approximate surface area is 99.4 Å². The molecule has 0 aromatic carbocycles. The molecule has 0 fully saturated rings. The number of hydrogen-bond acceptors (Lipinski definition) is 4. The topological polar surface area (TPSA) is 80.0 Å². The summed E-state index contributed by atoms with van der Waals surface area (Å²) in [5.41, 5.74) is 6.90. The smallest absolute Gasteiger partial charge is 0.239 e. The monoisotopic (exact) mass is 238 g/mol. The maximum Gasteiger partial charge on any atom is 0.239 e. The van der Waals surface area contributed by atoms with Gasteiger partial charge in [0, 0.05) is 18.3 Å². The summed E-state index contributed by atoms with van der Waals surface area (Å²) in [4.78, 5) is 15.5. The third-order valence-corrected chi connectivity index (χ3v) is 2.12. The van der Waals surface area contributed by atoms with Gasteiger partial charge in [0.25, 0.3) is 0 Å². The van der Waals surface area contributed by atoms with Gasteiger partial charge in [-0.3, -0.25) is 9.78 Å². The number of nitrogens with one attached hydrogen (secondary N) is 2. The highest BCUT2D eigenvalue weighted by molar-refractivity contribution is 7.80. The maximum atomic E-state index is 11.2. The van der Waals surface area contributed by atoms with Crippen molar-refractivity contribution in [2.75, 3.05) is 18.4 Å². The van der Waals surface area contributed by atoms with E-state index in [9.17, 15) is 4.79 Å². The van der Waals surface area contributed by atoms with Gasteiger partial charge in [-0.1, -0.05) is 12.2 Å². The van der Waals surface area contributed by atoms with Gasteiger partial charge in [-0.25, -0.2) is 0 Å². The molecule has 0 saturated carbocycles. The van der Waals surface area contributed by atoms with E-state index in [4.69, 9.17) is 18.0 Å². The average Bonchev–Trinajstić information content (AvgIpc) is 2.27. The number of rotatable bonds is 5. The van der Waals surface area contributed by atoms with Gasteiger partial charge >= 0.3 is 0 Å². The van der Waals surface area contributed by atoms with Crippen LogP contribution >= 0.6 is 12.2 Å². The number of nitrogens with zero attached hydrogens (tertiary/aromatic N) is 1. The van der Waals surface area contributed by atoms with Gasteiger partial charge in [-0.2, -0.15) is 0 Å². The van der Waals surface area contributed by atoms with Crippen molar-refractivity contribution in [1.82, 2.24) is 10.3 Å². The van der Waals surface area contributed by atoms with E-state index in [1.54, 1.807) is 18.5 Å². The fourth-order valence-electron chi connectivity index (χ4n) is 1.19. The van der Waals surface area contributed by atoms with Gasteiger partial charge in [-0.05, 0) is 13.0 Å². The number of nitrogens with two attached hydrogens (primary N) is 1. The molecule has 16 heavy (non-hydrogen) atoms. The average molecular weight is 238 g/mol. The largest absolute Gasteiger partial charge is 0.389 e. The van der Waals surface area contributed by atoms with Crippen LogP contribution in [-0.4, -0.2) is 29.0 Å². The summed E-state index contributed by atoms with van der Waals surface area (Å²) in [6.07, 6.45) is 3.19. The van der Waals surface area contributed by atoms with Crippen molar-refractivity contribution in [2.45, 2.75) is 6.92 Å². The molecule has 0 saturated heterocycles. The van der Waals surface area contributed by atoms with E-state index in [1.807, 2.05) is 6.92 Å². The van der Waals surface area contributed by atoms with Crippen LogP contribution in [0.4, 0.5) is 5.69 Å². The lowest BCUT2D eigenvalue weighted by Gasteiger charge is -2.09. The molecule has 1 aromatic rings. The fourth-order valence-corrected chi connectivity index (χ4v) is 1.36. The first-order chi connectivity index (χ1) is 7.65. The number of amides is 1. The molecule has 0 aliphatic rings. The molecule has 0 aliphatic carbocycles. The highest BCUT2D eigenvalue weighted by Gasteiger charge is 2.05. The Hall–Kier alpha value is -1.69. The zero-order valence-corrected chi connectivity index (χ0v) is 9.80. The molecule has 6 heteroatoms. The Balaban J connectivity index is 2.66. The summed E-state index contributed by atoms with van der Waals surface area (Å²) < 4.78 is 0. The molecular weight excluding hydrogens is 224 g/mol. The van der Waals surface area contributed by atoms with Crippen molar-refractivity contribution in [2.24, 2.45) is 5.73 Å². The second-order valence-electron chi connectivity index (χ2n) is 3.09. The molecule has 1 rings (SSSR count). The van der Waals surface area contributed by atoms with E-state index in [0.717, 1.165) is 0 Å². The van der Waals surface area contributed by atoms with Crippen molar-refractivity contribution in [3.05, 3.63) is 24.0 Å². The summed E-state index contributed by atoms with van der Waals surface area (Å²) in [5.74, 6) is -0.0831. The van der Waals surface area contributed by atoms with Crippen LogP contribution in [0.1, 0.15) is 12.5 Å². The number of aromatic nitrogens is 1. The van der Waals surface area contributed by atoms with Gasteiger partial charge in [-0.15, -0.1) is 0 Å². The number of likely N-dealkylation sites (N-methyl/N-ethyl adjacent to an activating group) is 1. The second-order valence-corrected chi connectivity index (χ2v) is 3.53. The molecule has 0 spiro atoms. The predicted octanol–water partition coefficient (Wildman–Crippen LogP) is 0.264. The molecule has 0 aliphatic heterocycles. The molecule has 1 aromatic heterocycles. The first-order valence-electron chi connectivity index (χ1n) is 4.89. The van der Waals surface area contributed by atoms with E-state index >= 15 is 0 Å². The predicted molar refractivity (Wildman–Crippen MR) is 67.3 cm³/mol. The van der Waals surface area contributed by atoms with Crippen molar-refractivity contribution in [3.8, 4) is 0 Å². The minimum Gasteiger partial charge on any atom is -0.389 e. The van der Waals surface area contributed by atoms with Crippen LogP contribution in [0, 0.1) is 0 Å². The normalized spacial score (nSPS) is 9.56. The Morgan fingerprint density at radius 2 is 2.38 bits per heavy atom. The molecule has 86 valence electrons. The highest BCUT2D eigenvalue weighted by atomic mass is 32.1. The van der Waals surface area contributed by atoms with Gasteiger partial charge < -0.3 is 16.4 Å². The van der Waals surface area contributed by atoms with Crippen LogP contribution < -0.4 is 16.4 Å². The highest BCUT2D eigenvalue weighted by Crippen LogP contribution is 2.12. The first kappa shape index (κ1) is 12.4. The minimum absolute atomic E-state index is 0.0831. The van der Waals surface area contributed by atoms with Crippen molar-refractivity contribution in [3.63, 3.8) is 0 Å². The van der Waals surface area contributed by atoms with Crippen LogP contribution in [0.25, 0.3) is 0 Å². The third kappa shape index (κ3) is 3.47. The lowest BCUT2D eigenvalue weighted by atomic mass is 10.2. The molecule has 1 amide bonds. The van der Waals surface area contributed by atoms with Crippen molar-refractivity contribution in [1.29, 1.82) is 0 Å². The number of carbonyl (C=O) groups excluding carboxylic acids is 1. The molecule has 0 bridgehead atoms. The number of pyridine rings is 1. The van der Waals surface area contributed by atoms with Crippen LogP contribution in [0.2, 0.25) is 0 Å². The SMILES string of the molecule is CCNC(=O)CNc1cnccc1C(N)=S. The number of thiocarbonyl (C=S) groups is 1. The van der Waals surface area contributed by atoms with Crippen LogP contribution in [0.5, 0.6) is 0 Å². The maximum absolute atomic E-state index is 11.2. The van der Waals surface area contributed by atoms with E-state index < -0.39 is 0 Å². The number of anilines is 1. The Morgan fingerprint density at radius 3 is 3.00 bits per heavy atom. The van der Waals surface area contributed by atoms with E-state index in [0.29, 0.717) is 17.8 Å². The number of hydrogen-bond donors (Lipinski definition) is 3. The summed E-state index contributed by atoms with van der Waals surface area (Å²) in [6, 6.07) is 1.71. The lowest BCUT2D eigenvalue weighted by Crippen LogP contribution is -2.30. The third-order valence-electron chi connectivity index (χ3n) is 1.90. The van der Waals surface area contributed by atoms with Crippen LogP contribution in [0.15, 0.2) is 18.5 Å². The van der Waals surface area contributed by atoms with Gasteiger partial charge in [0.05, 0.1) is 18.4 Å². The molecule has 0 atom stereocenters. The van der Waals surface area contributed by atoms with Crippen molar-refractivity contribution >= 4 is 28.8 Å². The van der Waals surface area contributed by atoms with Crippen molar-refractivity contribution < 1.29 is 4.79 Å².